The molecule has 0 amide bonds. The van der Waals surface area contributed by atoms with Gasteiger partial charge in [0.1, 0.15) is 5.78 Å². The van der Waals surface area contributed by atoms with Crippen LogP contribution in [0.4, 0.5) is 0 Å². The largest absolute Gasteiger partial charge is 0.402 e. The van der Waals surface area contributed by atoms with Gasteiger partial charge in [0.2, 0.25) is 0 Å². The molecule has 58 valence electrons. The number of allylic oxidation sites excluding steroid dienone is 2. The molecule has 0 aliphatic carbocycles. The summed E-state index contributed by atoms with van der Waals surface area (Å²) >= 11 is 0. The fourth-order valence-electron chi connectivity index (χ4n) is 0.844. The Labute approximate surface area is 62.1 Å². The average molecular weight is 141 g/mol. The predicted octanol–water partition coefficient (Wildman–Crippen LogP) is 1.61. The minimum atomic E-state index is 0.182. The zero-order valence-electron chi connectivity index (χ0n) is 6.90. The molecule has 0 heterocycles. The molecule has 0 saturated carbocycles. The van der Waals surface area contributed by atoms with Gasteiger partial charge in [-0.15, -0.1) is 0 Å². The van der Waals surface area contributed by atoms with E-state index in [2.05, 4.69) is 0 Å². The van der Waals surface area contributed by atoms with E-state index in [0.29, 0.717) is 6.42 Å². The molecule has 0 radical (unpaired) electrons. The zero-order valence-corrected chi connectivity index (χ0v) is 6.90. The molecule has 2 heteroatoms. The first-order chi connectivity index (χ1) is 4.57. The molecule has 10 heavy (non-hydrogen) atoms. The van der Waals surface area contributed by atoms with Crippen LogP contribution in [0.25, 0.3) is 0 Å². The lowest BCUT2D eigenvalue weighted by Crippen LogP contribution is -2.01. The number of carbonyl (C=O) groups excluding carboxylic acids is 1. The van der Waals surface area contributed by atoms with Crippen LogP contribution in [0, 0.1) is 0 Å². The number of hydrogen-bond acceptors (Lipinski definition) is 2. The molecule has 0 unspecified atom stereocenters. The number of Topliss-reactive ketones (excluding diaryl/α,β-unsaturated/α-hetero) is 1. The number of carbonyl (C=O) groups is 1. The van der Waals surface area contributed by atoms with E-state index >= 15 is 0 Å². The van der Waals surface area contributed by atoms with Gasteiger partial charge in [-0.2, -0.15) is 0 Å². The second-order valence-corrected chi connectivity index (χ2v) is 2.52. The molecule has 0 bridgehead atoms. The summed E-state index contributed by atoms with van der Waals surface area (Å²) in [4.78, 5) is 10.6. The number of hydrogen-bond donors (Lipinski definition) is 1. The Hall–Kier alpha value is -0.790. The standard InChI is InChI=1S/C8H15NO/c1-4-8(7(3)9)5-6(2)10/h4-5,9H2,1-3H3/b8-7-. The summed E-state index contributed by atoms with van der Waals surface area (Å²) in [6.45, 7) is 5.43. The monoisotopic (exact) mass is 141 g/mol. The van der Waals surface area contributed by atoms with Crippen LogP contribution in [0.1, 0.15) is 33.6 Å². The average Bonchev–Trinajstić information content (AvgIpc) is 1.81. The Morgan fingerprint density at radius 3 is 2.00 bits per heavy atom. The van der Waals surface area contributed by atoms with E-state index in [-0.39, 0.29) is 5.78 Å². The van der Waals surface area contributed by atoms with E-state index in [1.54, 1.807) is 6.92 Å². The van der Waals surface area contributed by atoms with Gasteiger partial charge < -0.3 is 5.73 Å². The predicted molar refractivity (Wildman–Crippen MR) is 42.5 cm³/mol. The Balaban J connectivity index is 4.11. The SMILES string of the molecule is CC/C(CC(C)=O)=C(\C)N. The highest BCUT2D eigenvalue weighted by molar-refractivity contribution is 5.78. The molecule has 0 spiro atoms. The smallest absolute Gasteiger partial charge is 0.133 e. The molecular weight excluding hydrogens is 126 g/mol. The molecule has 0 aromatic carbocycles. The van der Waals surface area contributed by atoms with Crippen LogP contribution in [0.2, 0.25) is 0 Å². The van der Waals surface area contributed by atoms with Crippen molar-refractivity contribution in [2.75, 3.05) is 0 Å². The lowest BCUT2D eigenvalue weighted by molar-refractivity contribution is -0.116. The second kappa shape index (κ2) is 4.09. The van der Waals surface area contributed by atoms with Crippen LogP contribution in [0.15, 0.2) is 11.3 Å². The van der Waals surface area contributed by atoms with Crippen molar-refractivity contribution < 1.29 is 4.79 Å². The quantitative estimate of drug-likeness (QED) is 0.648. The Morgan fingerprint density at radius 1 is 1.40 bits per heavy atom. The van der Waals surface area contributed by atoms with Crippen LogP contribution in [-0.2, 0) is 4.79 Å². The van der Waals surface area contributed by atoms with E-state index in [1.807, 2.05) is 13.8 Å². The van der Waals surface area contributed by atoms with Crippen molar-refractivity contribution in [2.24, 2.45) is 5.73 Å². The van der Waals surface area contributed by atoms with Crippen LogP contribution in [0.5, 0.6) is 0 Å². The van der Waals surface area contributed by atoms with Gasteiger partial charge in [-0.25, -0.2) is 0 Å². The minimum absolute atomic E-state index is 0.182. The van der Waals surface area contributed by atoms with Crippen LogP contribution >= 0.6 is 0 Å². The summed E-state index contributed by atoms with van der Waals surface area (Å²) in [6, 6.07) is 0. The second-order valence-electron chi connectivity index (χ2n) is 2.52. The van der Waals surface area contributed by atoms with Gasteiger partial charge in [-0.1, -0.05) is 6.92 Å². The summed E-state index contributed by atoms with van der Waals surface area (Å²) in [5.41, 5.74) is 7.37. The topological polar surface area (TPSA) is 43.1 Å². The summed E-state index contributed by atoms with van der Waals surface area (Å²) in [5.74, 6) is 0.182. The summed E-state index contributed by atoms with van der Waals surface area (Å²) in [7, 11) is 0. The van der Waals surface area contributed by atoms with Crippen molar-refractivity contribution in [3.63, 3.8) is 0 Å². The third-order valence-corrected chi connectivity index (χ3v) is 1.45. The molecule has 0 aromatic heterocycles. The van der Waals surface area contributed by atoms with Crippen molar-refractivity contribution in [2.45, 2.75) is 33.6 Å². The molecule has 0 aliphatic rings. The van der Waals surface area contributed by atoms with Crippen molar-refractivity contribution in [3.05, 3.63) is 11.3 Å². The normalized spacial score (nSPS) is 12.7. The van der Waals surface area contributed by atoms with Gasteiger partial charge in [0.15, 0.2) is 0 Å². The van der Waals surface area contributed by atoms with Gasteiger partial charge in [-0.05, 0) is 25.8 Å². The van der Waals surface area contributed by atoms with Gasteiger partial charge >= 0.3 is 0 Å². The molecule has 0 aliphatic heterocycles. The van der Waals surface area contributed by atoms with Gasteiger partial charge in [-0.3, -0.25) is 4.79 Å². The molecule has 0 rings (SSSR count). The van der Waals surface area contributed by atoms with E-state index in [1.165, 1.54) is 0 Å². The lowest BCUT2D eigenvalue weighted by Gasteiger charge is -2.02. The van der Waals surface area contributed by atoms with Gasteiger partial charge in [0.05, 0.1) is 0 Å². The highest BCUT2D eigenvalue weighted by Gasteiger charge is 2.00. The first-order valence-corrected chi connectivity index (χ1v) is 3.51. The van der Waals surface area contributed by atoms with Gasteiger partial charge in [0.25, 0.3) is 0 Å². The summed E-state index contributed by atoms with van der Waals surface area (Å²) in [5, 5.41) is 0. The fraction of sp³-hybridized carbons (Fsp3) is 0.625. The molecule has 0 aromatic rings. The Bertz CT molecular complexity index is 155. The van der Waals surface area contributed by atoms with Crippen LogP contribution in [-0.4, -0.2) is 5.78 Å². The Morgan fingerprint density at radius 2 is 1.90 bits per heavy atom. The van der Waals surface area contributed by atoms with Crippen LogP contribution in [0.3, 0.4) is 0 Å². The first-order valence-electron chi connectivity index (χ1n) is 3.51. The van der Waals surface area contributed by atoms with E-state index in [4.69, 9.17) is 5.73 Å². The van der Waals surface area contributed by atoms with Crippen molar-refractivity contribution in [3.8, 4) is 0 Å². The maximum absolute atomic E-state index is 10.6. The highest BCUT2D eigenvalue weighted by Crippen LogP contribution is 2.08. The molecule has 0 atom stereocenters. The van der Waals surface area contributed by atoms with E-state index < -0.39 is 0 Å². The molecule has 2 nitrogen and oxygen atoms in total. The van der Waals surface area contributed by atoms with Crippen molar-refractivity contribution in [1.29, 1.82) is 0 Å². The molecular formula is C8H15NO. The minimum Gasteiger partial charge on any atom is -0.402 e. The van der Waals surface area contributed by atoms with E-state index in [0.717, 1.165) is 17.7 Å². The fourth-order valence-corrected chi connectivity index (χ4v) is 0.844. The highest BCUT2D eigenvalue weighted by atomic mass is 16.1. The maximum Gasteiger partial charge on any atom is 0.133 e. The van der Waals surface area contributed by atoms with Crippen LogP contribution < -0.4 is 5.73 Å². The first kappa shape index (κ1) is 9.21. The van der Waals surface area contributed by atoms with E-state index in [9.17, 15) is 4.79 Å². The number of ketones is 1. The maximum atomic E-state index is 10.6. The Kier molecular flexibility index (Phi) is 3.77. The number of nitrogens with two attached hydrogens (primary N) is 1. The zero-order chi connectivity index (χ0) is 8.15. The molecule has 2 N–H and O–H groups in total. The van der Waals surface area contributed by atoms with Crippen molar-refractivity contribution >= 4 is 5.78 Å². The number of rotatable bonds is 3. The third kappa shape index (κ3) is 3.28. The summed E-state index contributed by atoms with van der Waals surface area (Å²) in [6.07, 6.45) is 1.39. The van der Waals surface area contributed by atoms with Gasteiger partial charge in [0, 0.05) is 12.1 Å². The summed E-state index contributed by atoms with van der Waals surface area (Å²) < 4.78 is 0. The molecule has 0 saturated heterocycles. The lowest BCUT2D eigenvalue weighted by atomic mass is 10.1. The van der Waals surface area contributed by atoms with Crippen molar-refractivity contribution in [1.82, 2.24) is 0 Å². The molecule has 0 fully saturated rings. The third-order valence-electron chi connectivity index (χ3n) is 1.45.